The van der Waals surface area contributed by atoms with Gasteiger partial charge in [0.05, 0.1) is 6.61 Å². The number of likely N-dealkylation sites (N-methyl/N-ethyl adjacent to an activating group) is 1. The molecule has 2 N–H and O–H groups in total. The van der Waals surface area contributed by atoms with E-state index in [0.29, 0.717) is 31.2 Å². The first-order valence-corrected chi connectivity index (χ1v) is 7.18. The van der Waals surface area contributed by atoms with Gasteiger partial charge in [0.2, 0.25) is 0 Å². The summed E-state index contributed by atoms with van der Waals surface area (Å²) >= 11 is 0. The fourth-order valence-electron chi connectivity index (χ4n) is 1.89. The van der Waals surface area contributed by atoms with Crippen LogP contribution in [-0.2, 0) is 4.79 Å². The van der Waals surface area contributed by atoms with Gasteiger partial charge in [-0.2, -0.15) is 0 Å². The second-order valence-electron chi connectivity index (χ2n) is 5.79. The molecule has 0 aromatic heterocycles. The molecule has 1 amide bonds. The quantitative estimate of drug-likeness (QED) is 0.795. The summed E-state index contributed by atoms with van der Waals surface area (Å²) < 4.78 is 11.0. The minimum Gasteiger partial charge on any atom is -0.490 e. The molecule has 0 aliphatic rings. The lowest BCUT2D eigenvalue weighted by atomic mass is 9.93. The summed E-state index contributed by atoms with van der Waals surface area (Å²) in [5.41, 5.74) is 5.58. The summed E-state index contributed by atoms with van der Waals surface area (Å²) in [7, 11) is 1.76. The van der Waals surface area contributed by atoms with Gasteiger partial charge in [-0.1, -0.05) is 26.0 Å². The van der Waals surface area contributed by atoms with Crippen molar-refractivity contribution in [1.29, 1.82) is 0 Å². The van der Waals surface area contributed by atoms with E-state index in [4.69, 9.17) is 15.2 Å². The van der Waals surface area contributed by atoms with E-state index < -0.39 is 0 Å². The maximum atomic E-state index is 12.1. The fourth-order valence-corrected chi connectivity index (χ4v) is 1.89. The van der Waals surface area contributed by atoms with Gasteiger partial charge in [-0.15, -0.1) is 0 Å². The second kappa shape index (κ2) is 7.88. The van der Waals surface area contributed by atoms with Crippen molar-refractivity contribution >= 4 is 5.91 Å². The van der Waals surface area contributed by atoms with Crippen LogP contribution in [0.4, 0.5) is 0 Å². The molecule has 1 aromatic carbocycles. The zero-order chi connectivity index (χ0) is 15.9. The van der Waals surface area contributed by atoms with Crippen molar-refractivity contribution in [3.8, 4) is 11.5 Å². The minimum absolute atomic E-state index is 0.0127. The monoisotopic (exact) mass is 294 g/mol. The van der Waals surface area contributed by atoms with Crippen LogP contribution in [-0.4, -0.2) is 44.2 Å². The van der Waals surface area contributed by atoms with Crippen molar-refractivity contribution in [3.05, 3.63) is 24.3 Å². The molecule has 5 heteroatoms. The molecule has 1 rings (SSSR count). The maximum absolute atomic E-state index is 12.1. The summed E-state index contributed by atoms with van der Waals surface area (Å²) in [6, 6.07) is 7.34. The van der Waals surface area contributed by atoms with E-state index >= 15 is 0 Å². The molecule has 0 aliphatic heterocycles. The summed E-state index contributed by atoms with van der Waals surface area (Å²) in [5, 5.41) is 0. The van der Waals surface area contributed by atoms with E-state index in [0.717, 1.165) is 0 Å². The Bertz CT molecular complexity index is 461. The first-order chi connectivity index (χ1) is 9.89. The van der Waals surface area contributed by atoms with Gasteiger partial charge in [0, 0.05) is 13.6 Å². The number of amides is 1. The third kappa shape index (κ3) is 5.63. The van der Waals surface area contributed by atoms with E-state index in [1.54, 1.807) is 18.0 Å². The van der Waals surface area contributed by atoms with E-state index in [2.05, 4.69) is 0 Å². The Morgan fingerprint density at radius 1 is 1.24 bits per heavy atom. The van der Waals surface area contributed by atoms with Gasteiger partial charge in [-0.3, -0.25) is 4.79 Å². The third-order valence-corrected chi connectivity index (χ3v) is 3.14. The van der Waals surface area contributed by atoms with Crippen LogP contribution in [0.15, 0.2) is 24.3 Å². The van der Waals surface area contributed by atoms with Crippen LogP contribution >= 0.6 is 0 Å². The number of para-hydroxylation sites is 2. The predicted octanol–water partition coefficient (Wildman–Crippen LogP) is 1.91. The average Bonchev–Trinajstić information content (AvgIpc) is 2.46. The van der Waals surface area contributed by atoms with Crippen LogP contribution in [0.25, 0.3) is 0 Å². The maximum Gasteiger partial charge on any atom is 0.260 e. The summed E-state index contributed by atoms with van der Waals surface area (Å²) in [5.74, 6) is 1.15. The molecule has 21 heavy (non-hydrogen) atoms. The average molecular weight is 294 g/mol. The lowest BCUT2D eigenvalue weighted by Gasteiger charge is -2.29. The van der Waals surface area contributed by atoms with Crippen molar-refractivity contribution in [3.63, 3.8) is 0 Å². The summed E-state index contributed by atoms with van der Waals surface area (Å²) in [6.45, 7) is 7.63. The molecule has 5 nitrogen and oxygen atoms in total. The number of rotatable bonds is 8. The minimum atomic E-state index is -0.104. The van der Waals surface area contributed by atoms with Crippen LogP contribution in [0.3, 0.4) is 0 Å². The van der Waals surface area contributed by atoms with Crippen molar-refractivity contribution in [2.75, 3.05) is 33.4 Å². The molecule has 118 valence electrons. The fraction of sp³-hybridized carbons (Fsp3) is 0.562. The van der Waals surface area contributed by atoms with E-state index in [1.807, 2.05) is 39.0 Å². The molecule has 0 radical (unpaired) electrons. The normalized spacial score (nSPS) is 11.1. The largest absolute Gasteiger partial charge is 0.490 e. The van der Waals surface area contributed by atoms with Gasteiger partial charge >= 0.3 is 0 Å². The molecular formula is C16H26N2O3. The molecular weight excluding hydrogens is 268 g/mol. The van der Waals surface area contributed by atoms with Gasteiger partial charge in [0.15, 0.2) is 18.1 Å². The Morgan fingerprint density at radius 2 is 1.81 bits per heavy atom. The number of nitrogens with zero attached hydrogens (tertiary/aromatic N) is 1. The molecule has 0 spiro atoms. The van der Waals surface area contributed by atoms with Gasteiger partial charge in [0.1, 0.15) is 0 Å². The van der Waals surface area contributed by atoms with Crippen LogP contribution < -0.4 is 15.2 Å². The topological polar surface area (TPSA) is 64.8 Å². The van der Waals surface area contributed by atoms with E-state index in [-0.39, 0.29) is 17.9 Å². The van der Waals surface area contributed by atoms with Crippen molar-refractivity contribution < 1.29 is 14.3 Å². The molecule has 0 bridgehead atoms. The van der Waals surface area contributed by atoms with Gasteiger partial charge in [-0.25, -0.2) is 0 Å². The van der Waals surface area contributed by atoms with Crippen molar-refractivity contribution in [2.24, 2.45) is 11.1 Å². The van der Waals surface area contributed by atoms with Gasteiger partial charge in [0.25, 0.3) is 5.91 Å². The zero-order valence-electron chi connectivity index (χ0n) is 13.4. The SMILES string of the molecule is CCOc1ccccc1OCC(=O)N(C)CC(C)(C)CN. The summed E-state index contributed by atoms with van der Waals surface area (Å²) in [4.78, 5) is 13.7. The molecule has 0 saturated carbocycles. The van der Waals surface area contributed by atoms with E-state index in [1.165, 1.54) is 0 Å². The second-order valence-corrected chi connectivity index (χ2v) is 5.79. The third-order valence-electron chi connectivity index (χ3n) is 3.14. The highest BCUT2D eigenvalue weighted by Gasteiger charge is 2.21. The smallest absolute Gasteiger partial charge is 0.260 e. The Morgan fingerprint density at radius 3 is 2.33 bits per heavy atom. The van der Waals surface area contributed by atoms with Gasteiger partial charge < -0.3 is 20.1 Å². The lowest BCUT2D eigenvalue weighted by molar-refractivity contribution is -0.133. The molecule has 0 unspecified atom stereocenters. The van der Waals surface area contributed by atoms with Crippen LogP contribution in [0.1, 0.15) is 20.8 Å². The predicted molar refractivity (Wildman–Crippen MR) is 83.6 cm³/mol. The lowest BCUT2D eigenvalue weighted by Crippen LogP contribution is -2.41. The number of hydrogen-bond acceptors (Lipinski definition) is 4. The molecule has 0 atom stereocenters. The Balaban J connectivity index is 2.57. The van der Waals surface area contributed by atoms with Crippen LogP contribution in [0.5, 0.6) is 11.5 Å². The molecule has 0 aliphatic carbocycles. The molecule has 0 fully saturated rings. The van der Waals surface area contributed by atoms with Crippen LogP contribution in [0.2, 0.25) is 0 Å². The Labute approximate surface area is 127 Å². The van der Waals surface area contributed by atoms with Crippen molar-refractivity contribution in [1.82, 2.24) is 4.90 Å². The van der Waals surface area contributed by atoms with E-state index in [9.17, 15) is 4.79 Å². The number of ether oxygens (including phenoxy) is 2. The number of carbonyl (C=O) groups is 1. The first kappa shape index (κ1) is 17.3. The number of nitrogens with two attached hydrogens (primary N) is 1. The molecule has 0 saturated heterocycles. The zero-order valence-corrected chi connectivity index (χ0v) is 13.4. The van der Waals surface area contributed by atoms with Crippen LogP contribution in [0, 0.1) is 5.41 Å². The highest BCUT2D eigenvalue weighted by molar-refractivity contribution is 5.77. The summed E-state index contributed by atoms with van der Waals surface area (Å²) in [6.07, 6.45) is 0. The number of hydrogen-bond donors (Lipinski definition) is 1. The first-order valence-electron chi connectivity index (χ1n) is 7.18. The molecule has 1 aromatic rings. The Kier molecular flexibility index (Phi) is 6.49. The number of carbonyl (C=O) groups excluding carboxylic acids is 1. The van der Waals surface area contributed by atoms with Crippen molar-refractivity contribution in [2.45, 2.75) is 20.8 Å². The standard InChI is InChI=1S/C16H26N2O3/c1-5-20-13-8-6-7-9-14(13)21-10-15(19)18(4)12-16(2,3)11-17/h6-9H,5,10-12,17H2,1-4H3. The highest BCUT2D eigenvalue weighted by Crippen LogP contribution is 2.26. The Hall–Kier alpha value is -1.75. The highest BCUT2D eigenvalue weighted by atomic mass is 16.5. The van der Waals surface area contributed by atoms with Gasteiger partial charge in [-0.05, 0) is 31.0 Å². The molecule has 0 heterocycles. The number of benzene rings is 1.